The van der Waals surface area contributed by atoms with Crippen LogP contribution in [-0.2, 0) is 14.8 Å². The number of nitrogens with one attached hydrogen (secondary N) is 1. The molecule has 110 valence electrons. The molecule has 1 aliphatic heterocycles. The van der Waals surface area contributed by atoms with Crippen molar-refractivity contribution in [2.75, 3.05) is 13.1 Å². The summed E-state index contributed by atoms with van der Waals surface area (Å²) < 4.78 is 27.1. The van der Waals surface area contributed by atoms with E-state index in [2.05, 4.69) is 21.4 Å². The van der Waals surface area contributed by atoms with E-state index in [1.54, 1.807) is 24.3 Å². The topological polar surface area (TPSA) is 92.5 Å². The maximum absolute atomic E-state index is 12.4. The first kappa shape index (κ1) is 15.4. The molecule has 0 atom stereocenters. The van der Waals surface area contributed by atoms with E-state index in [0.717, 1.165) is 4.47 Å². The fourth-order valence-corrected chi connectivity index (χ4v) is 3.97. The number of carbonyl (C=O) groups excluding carboxylic acids is 1. The number of halogens is 1. The number of sulfonamides is 1. The molecule has 0 radical (unpaired) electrons. The van der Waals surface area contributed by atoms with E-state index in [4.69, 9.17) is 5.84 Å². The van der Waals surface area contributed by atoms with Crippen molar-refractivity contribution >= 4 is 31.9 Å². The molecular weight excluding hydrogens is 346 g/mol. The first-order valence-corrected chi connectivity index (χ1v) is 8.44. The van der Waals surface area contributed by atoms with Crippen LogP contribution in [0, 0.1) is 5.92 Å². The van der Waals surface area contributed by atoms with Gasteiger partial charge in [-0.2, -0.15) is 4.31 Å². The standard InChI is InChI=1S/C12H16BrN3O3S/c13-10-1-3-11(4-2-10)20(18,19)16-7-5-9(6-8-16)12(17)15-14/h1-4,9H,5-8,14H2,(H,15,17). The van der Waals surface area contributed by atoms with E-state index in [9.17, 15) is 13.2 Å². The SMILES string of the molecule is NNC(=O)C1CCN(S(=O)(=O)c2ccc(Br)cc2)CC1. The highest BCUT2D eigenvalue weighted by molar-refractivity contribution is 9.10. The van der Waals surface area contributed by atoms with Gasteiger partial charge in [0.2, 0.25) is 15.9 Å². The molecule has 1 aromatic carbocycles. The van der Waals surface area contributed by atoms with Crippen molar-refractivity contribution in [1.29, 1.82) is 0 Å². The number of nitrogens with two attached hydrogens (primary N) is 1. The van der Waals surface area contributed by atoms with Gasteiger partial charge in [0.1, 0.15) is 0 Å². The summed E-state index contributed by atoms with van der Waals surface area (Å²) in [6, 6.07) is 6.53. The minimum atomic E-state index is -3.49. The van der Waals surface area contributed by atoms with Gasteiger partial charge in [0.25, 0.3) is 0 Å². The second-order valence-corrected chi connectivity index (χ2v) is 7.49. The minimum Gasteiger partial charge on any atom is -0.294 e. The molecule has 1 fully saturated rings. The van der Waals surface area contributed by atoms with Crippen LogP contribution in [0.4, 0.5) is 0 Å². The van der Waals surface area contributed by atoms with E-state index >= 15 is 0 Å². The van der Waals surface area contributed by atoms with Crippen LogP contribution in [0.2, 0.25) is 0 Å². The Labute approximate surface area is 126 Å². The molecule has 0 bridgehead atoms. The third-order valence-electron chi connectivity index (χ3n) is 3.42. The van der Waals surface area contributed by atoms with E-state index in [1.165, 1.54) is 4.31 Å². The third-order valence-corrected chi connectivity index (χ3v) is 5.86. The fourth-order valence-electron chi connectivity index (χ4n) is 2.23. The van der Waals surface area contributed by atoms with Crippen molar-refractivity contribution in [2.45, 2.75) is 17.7 Å². The molecule has 20 heavy (non-hydrogen) atoms. The number of piperidine rings is 1. The van der Waals surface area contributed by atoms with Gasteiger partial charge in [0, 0.05) is 23.5 Å². The summed E-state index contributed by atoms with van der Waals surface area (Å²) in [4.78, 5) is 11.7. The summed E-state index contributed by atoms with van der Waals surface area (Å²) in [6.45, 7) is 0.660. The molecule has 0 unspecified atom stereocenters. The fraction of sp³-hybridized carbons (Fsp3) is 0.417. The summed E-state index contributed by atoms with van der Waals surface area (Å²) in [6.07, 6.45) is 0.970. The predicted octanol–water partition coefficient (Wildman–Crippen LogP) is 0.840. The molecule has 0 spiro atoms. The molecule has 1 heterocycles. The highest BCUT2D eigenvalue weighted by Gasteiger charge is 2.31. The molecule has 1 amide bonds. The highest BCUT2D eigenvalue weighted by atomic mass is 79.9. The molecule has 3 N–H and O–H groups in total. The number of carbonyl (C=O) groups is 1. The molecule has 1 saturated heterocycles. The van der Waals surface area contributed by atoms with Crippen molar-refractivity contribution in [3.05, 3.63) is 28.7 Å². The smallest absolute Gasteiger partial charge is 0.243 e. The highest BCUT2D eigenvalue weighted by Crippen LogP contribution is 2.24. The van der Waals surface area contributed by atoms with Crippen molar-refractivity contribution in [3.8, 4) is 0 Å². The zero-order chi connectivity index (χ0) is 14.8. The van der Waals surface area contributed by atoms with Gasteiger partial charge < -0.3 is 0 Å². The van der Waals surface area contributed by atoms with E-state index in [1.807, 2.05) is 0 Å². The molecule has 8 heteroatoms. The van der Waals surface area contributed by atoms with Crippen LogP contribution in [-0.4, -0.2) is 31.7 Å². The van der Waals surface area contributed by atoms with Crippen LogP contribution in [0.3, 0.4) is 0 Å². The summed E-state index contributed by atoms with van der Waals surface area (Å²) in [5.74, 6) is 4.65. The Kier molecular flexibility index (Phi) is 4.79. The molecule has 0 saturated carbocycles. The van der Waals surface area contributed by atoms with Gasteiger partial charge >= 0.3 is 0 Å². The van der Waals surface area contributed by atoms with Crippen molar-refractivity contribution < 1.29 is 13.2 Å². The lowest BCUT2D eigenvalue weighted by molar-refractivity contribution is -0.126. The predicted molar refractivity (Wildman–Crippen MR) is 78.0 cm³/mol. The van der Waals surface area contributed by atoms with Crippen LogP contribution in [0.15, 0.2) is 33.6 Å². The van der Waals surface area contributed by atoms with Gasteiger partial charge in [-0.1, -0.05) is 15.9 Å². The first-order valence-electron chi connectivity index (χ1n) is 6.21. The van der Waals surface area contributed by atoms with Gasteiger partial charge in [-0.25, -0.2) is 14.3 Å². The molecular formula is C12H16BrN3O3S. The normalized spacial score (nSPS) is 17.9. The lowest BCUT2D eigenvalue weighted by Gasteiger charge is -2.30. The molecule has 2 rings (SSSR count). The van der Waals surface area contributed by atoms with Gasteiger partial charge in [0.15, 0.2) is 0 Å². The van der Waals surface area contributed by atoms with Crippen molar-refractivity contribution in [3.63, 3.8) is 0 Å². The van der Waals surface area contributed by atoms with E-state index in [0.29, 0.717) is 25.9 Å². The Morgan fingerprint density at radius 1 is 1.25 bits per heavy atom. The zero-order valence-electron chi connectivity index (χ0n) is 10.8. The number of nitrogens with zero attached hydrogens (tertiary/aromatic N) is 1. The number of rotatable bonds is 3. The monoisotopic (exact) mass is 361 g/mol. The Hall–Kier alpha value is -0.960. The van der Waals surface area contributed by atoms with Crippen LogP contribution in [0.5, 0.6) is 0 Å². The number of benzene rings is 1. The number of hydrazine groups is 1. The van der Waals surface area contributed by atoms with Crippen LogP contribution < -0.4 is 11.3 Å². The van der Waals surface area contributed by atoms with Gasteiger partial charge in [-0.05, 0) is 37.1 Å². The Bertz CT molecular complexity index is 580. The molecule has 1 aliphatic rings. The largest absolute Gasteiger partial charge is 0.294 e. The third kappa shape index (κ3) is 3.20. The Morgan fingerprint density at radius 3 is 2.30 bits per heavy atom. The number of hydrogen-bond donors (Lipinski definition) is 2. The summed E-state index contributed by atoms with van der Waals surface area (Å²) >= 11 is 3.28. The maximum atomic E-state index is 12.4. The molecule has 0 aromatic heterocycles. The zero-order valence-corrected chi connectivity index (χ0v) is 13.2. The number of hydrogen-bond acceptors (Lipinski definition) is 4. The summed E-state index contributed by atoms with van der Waals surface area (Å²) in [7, 11) is -3.49. The first-order chi connectivity index (χ1) is 9.45. The average molecular weight is 362 g/mol. The minimum absolute atomic E-state index is 0.212. The molecule has 6 nitrogen and oxygen atoms in total. The van der Waals surface area contributed by atoms with Gasteiger partial charge in [-0.15, -0.1) is 0 Å². The average Bonchev–Trinajstić information content (AvgIpc) is 2.47. The van der Waals surface area contributed by atoms with Crippen molar-refractivity contribution in [1.82, 2.24) is 9.73 Å². The Balaban J connectivity index is 2.09. The molecule has 1 aromatic rings. The van der Waals surface area contributed by atoms with Gasteiger partial charge in [-0.3, -0.25) is 10.2 Å². The summed E-state index contributed by atoms with van der Waals surface area (Å²) in [5, 5.41) is 0. The quantitative estimate of drug-likeness (QED) is 0.474. The van der Waals surface area contributed by atoms with Crippen LogP contribution in [0.1, 0.15) is 12.8 Å². The summed E-state index contributed by atoms with van der Waals surface area (Å²) in [5.41, 5.74) is 2.11. The van der Waals surface area contributed by atoms with Crippen molar-refractivity contribution in [2.24, 2.45) is 11.8 Å². The molecule has 0 aliphatic carbocycles. The lowest BCUT2D eigenvalue weighted by Crippen LogP contribution is -2.44. The second-order valence-electron chi connectivity index (χ2n) is 4.64. The number of amides is 1. The van der Waals surface area contributed by atoms with E-state index < -0.39 is 10.0 Å². The van der Waals surface area contributed by atoms with Crippen LogP contribution >= 0.6 is 15.9 Å². The lowest BCUT2D eigenvalue weighted by atomic mass is 9.98. The van der Waals surface area contributed by atoms with Crippen LogP contribution in [0.25, 0.3) is 0 Å². The maximum Gasteiger partial charge on any atom is 0.243 e. The van der Waals surface area contributed by atoms with Gasteiger partial charge in [0.05, 0.1) is 4.90 Å². The second kappa shape index (κ2) is 6.21. The van der Waals surface area contributed by atoms with E-state index in [-0.39, 0.29) is 16.7 Å². The Morgan fingerprint density at radius 2 is 1.80 bits per heavy atom.